The Kier molecular flexibility index (Phi) is 3.49. The minimum absolute atomic E-state index is 0.0102. The summed E-state index contributed by atoms with van der Waals surface area (Å²) in [6.45, 7) is -0.0102. The van der Waals surface area contributed by atoms with Crippen LogP contribution in [0.2, 0.25) is 5.15 Å². The Hall–Kier alpha value is -1.75. The molecule has 0 saturated heterocycles. The molecule has 0 bridgehead atoms. The standard InChI is InChI=1S/C11H7ClF2N2O/c12-10-4-15-5-11(16-10)17-6-7-1-8(13)3-9(14)2-7/h1-5H,6H2. The van der Waals surface area contributed by atoms with Gasteiger partial charge in [0.1, 0.15) is 18.2 Å². The number of hydrogen-bond acceptors (Lipinski definition) is 3. The van der Waals surface area contributed by atoms with Gasteiger partial charge in [0.15, 0.2) is 5.15 Å². The molecule has 0 radical (unpaired) electrons. The molecule has 3 nitrogen and oxygen atoms in total. The highest BCUT2D eigenvalue weighted by molar-refractivity contribution is 6.29. The van der Waals surface area contributed by atoms with Crippen LogP contribution in [0.3, 0.4) is 0 Å². The maximum absolute atomic E-state index is 12.9. The minimum atomic E-state index is -0.652. The molecule has 0 aliphatic rings. The highest BCUT2D eigenvalue weighted by Crippen LogP contribution is 2.13. The summed E-state index contributed by atoms with van der Waals surface area (Å²) < 4.78 is 30.9. The van der Waals surface area contributed by atoms with Crippen molar-refractivity contribution in [2.75, 3.05) is 0 Å². The Morgan fingerprint density at radius 2 is 1.82 bits per heavy atom. The molecular weight excluding hydrogens is 250 g/mol. The molecule has 2 aromatic rings. The Labute approximate surface area is 101 Å². The van der Waals surface area contributed by atoms with E-state index < -0.39 is 11.6 Å². The first kappa shape index (κ1) is 11.7. The van der Waals surface area contributed by atoms with Crippen molar-refractivity contribution in [3.05, 3.63) is 52.9 Å². The zero-order chi connectivity index (χ0) is 12.3. The van der Waals surface area contributed by atoms with Gasteiger partial charge in [-0.2, -0.15) is 4.98 Å². The zero-order valence-corrected chi connectivity index (χ0v) is 9.29. The maximum Gasteiger partial charge on any atom is 0.234 e. The van der Waals surface area contributed by atoms with Crippen molar-refractivity contribution in [2.45, 2.75) is 6.61 Å². The van der Waals surface area contributed by atoms with Crippen LogP contribution in [-0.2, 0) is 6.61 Å². The van der Waals surface area contributed by atoms with Crippen molar-refractivity contribution in [2.24, 2.45) is 0 Å². The molecule has 0 N–H and O–H groups in total. The van der Waals surface area contributed by atoms with Crippen LogP contribution in [0.5, 0.6) is 5.88 Å². The highest BCUT2D eigenvalue weighted by atomic mass is 35.5. The molecule has 0 spiro atoms. The van der Waals surface area contributed by atoms with Crippen molar-refractivity contribution < 1.29 is 13.5 Å². The van der Waals surface area contributed by atoms with E-state index in [0.717, 1.165) is 6.07 Å². The molecule has 0 aliphatic carbocycles. The lowest BCUT2D eigenvalue weighted by atomic mass is 10.2. The van der Waals surface area contributed by atoms with Gasteiger partial charge in [-0.05, 0) is 17.7 Å². The number of rotatable bonds is 3. The third kappa shape index (κ3) is 3.35. The van der Waals surface area contributed by atoms with Gasteiger partial charge in [-0.25, -0.2) is 8.78 Å². The van der Waals surface area contributed by atoms with Crippen molar-refractivity contribution in [3.8, 4) is 5.88 Å². The fourth-order valence-electron chi connectivity index (χ4n) is 1.25. The van der Waals surface area contributed by atoms with Crippen LogP contribution in [0.4, 0.5) is 8.78 Å². The molecule has 6 heteroatoms. The average Bonchev–Trinajstić information content (AvgIpc) is 2.25. The number of aromatic nitrogens is 2. The molecule has 17 heavy (non-hydrogen) atoms. The van der Waals surface area contributed by atoms with E-state index in [1.807, 2.05) is 0 Å². The molecule has 0 saturated carbocycles. The largest absolute Gasteiger partial charge is 0.472 e. The molecule has 0 atom stereocenters. The predicted octanol–water partition coefficient (Wildman–Crippen LogP) is 2.99. The molecule has 0 amide bonds. The molecule has 1 heterocycles. The summed E-state index contributed by atoms with van der Waals surface area (Å²) in [7, 11) is 0. The van der Waals surface area contributed by atoms with Crippen LogP contribution < -0.4 is 4.74 Å². The van der Waals surface area contributed by atoms with E-state index in [2.05, 4.69) is 9.97 Å². The topological polar surface area (TPSA) is 35.0 Å². The van der Waals surface area contributed by atoms with Gasteiger partial charge in [-0.1, -0.05) is 11.6 Å². The van der Waals surface area contributed by atoms with Gasteiger partial charge in [-0.3, -0.25) is 4.98 Å². The van der Waals surface area contributed by atoms with Gasteiger partial charge in [0, 0.05) is 6.07 Å². The molecule has 88 valence electrons. The summed E-state index contributed by atoms with van der Waals surface area (Å²) in [6, 6.07) is 3.16. The third-order valence-electron chi connectivity index (χ3n) is 1.89. The van der Waals surface area contributed by atoms with Gasteiger partial charge in [-0.15, -0.1) is 0 Å². The van der Waals surface area contributed by atoms with E-state index >= 15 is 0 Å². The van der Waals surface area contributed by atoms with Gasteiger partial charge in [0.2, 0.25) is 5.88 Å². The fourth-order valence-corrected chi connectivity index (χ4v) is 1.39. The summed E-state index contributed by atoms with van der Waals surface area (Å²) >= 11 is 5.60. The quantitative estimate of drug-likeness (QED) is 0.847. The Balaban J connectivity index is 2.07. The molecule has 2 rings (SSSR count). The van der Waals surface area contributed by atoms with Crippen LogP contribution >= 0.6 is 11.6 Å². The van der Waals surface area contributed by atoms with E-state index in [4.69, 9.17) is 16.3 Å². The van der Waals surface area contributed by atoms with Gasteiger partial charge in [0.05, 0.1) is 12.4 Å². The maximum atomic E-state index is 12.9. The second-order valence-corrected chi connectivity index (χ2v) is 3.63. The fraction of sp³-hybridized carbons (Fsp3) is 0.0909. The van der Waals surface area contributed by atoms with Crippen molar-refractivity contribution in [1.29, 1.82) is 0 Å². The van der Waals surface area contributed by atoms with Crippen molar-refractivity contribution >= 4 is 11.6 Å². The van der Waals surface area contributed by atoms with Crippen molar-refractivity contribution in [3.63, 3.8) is 0 Å². The number of hydrogen-bond donors (Lipinski definition) is 0. The second kappa shape index (κ2) is 5.05. The molecule has 1 aromatic carbocycles. The lowest BCUT2D eigenvalue weighted by molar-refractivity contribution is 0.291. The third-order valence-corrected chi connectivity index (χ3v) is 2.07. The molecule has 1 aromatic heterocycles. The van der Waals surface area contributed by atoms with E-state index in [1.165, 1.54) is 24.5 Å². The van der Waals surface area contributed by atoms with Crippen molar-refractivity contribution in [1.82, 2.24) is 9.97 Å². The highest BCUT2D eigenvalue weighted by Gasteiger charge is 2.03. The second-order valence-electron chi connectivity index (χ2n) is 3.25. The lowest BCUT2D eigenvalue weighted by Crippen LogP contribution is -1.99. The molecule has 0 unspecified atom stereocenters. The first-order chi connectivity index (χ1) is 8.13. The number of benzene rings is 1. The van der Waals surface area contributed by atoms with Gasteiger partial charge >= 0.3 is 0 Å². The number of nitrogens with zero attached hydrogens (tertiary/aromatic N) is 2. The summed E-state index contributed by atoms with van der Waals surface area (Å²) in [6.07, 6.45) is 2.72. The smallest absolute Gasteiger partial charge is 0.234 e. The van der Waals surface area contributed by atoms with Crippen LogP contribution in [0.1, 0.15) is 5.56 Å². The van der Waals surface area contributed by atoms with Gasteiger partial charge in [0.25, 0.3) is 0 Å². The monoisotopic (exact) mass is 256 g/mol. The lowest BCUT2D eigenvalue weighted by Gasteiger charge is -2.05. The van der Waals surface area contributed by atoms with E-state index in [9.17, 15) is 8.78 Å². The van der Waals surface area contributed by atoms with Gasteiger partial charge < -0.3 is 4.74 Å². The van der Waals surface area contributed by atoms with Crippen LogP contribution in [0, 0.1) is 11.6 Å². The molecular formula is C11H7ClF2N2O. The van der Waals surface area contributed by atoms with E-state index in [-0.39, 0.29) is 17.6 Å². The van der Waals surface area contributed by atoms with Crippen LogP contribution in [0.25, 0.3) is 0 Å². The summed E-state index contributed by atoms with van der Waals surface area (Å²) in [5.41, 5.74) is 0.365. The Morgan fingerprint density at radius 1 is 1.12 bits per heavy atom. The number of ether oxygens (including phenoxy) is 1. The zero-order valence-electron chi connectivity index (χ0n) is 8.53. The normalized spacial score (nSPS) is 10.3. The summed E-state index contributed by atoms with van der Waals surface area (Å²) in [5, 5.41) is 0.188. The molecule has 0 aliphatic heterocycles. The SMILES string of the molecule is Fc1cc(F)cc(COc2cncc(Cl)n2)c1. The van der Waals surface area contributed by atoms with E-state index in [0.29, 0.717) is 5.56 Å². The average molecular weight is 257 g/mol. The minimum Gasteiger partial charge on any atom is -0.472 e. The first-order valence-corrected chi connectivity index (χ1v) is 5.06. The Morgan fingerprint density at radius 3 is 2.47 bits per heavy atom. The van der Waals surface area contributed by atoms with E-state index in [1.54, 1.807) is 0 Å². The predicted molar refractivity (Wildman–Crippen MR) is 57.7 cm³/mol. The summed E-state index contributed by atoms with van der Waals surface area (Å²) in [5.74, 6) is -1.11. The van der Waals surface area contributed by atoms with Crippen LogP contribution in [0.15, 0.2) is 30.6 Å². The Bertz CT molecular complexity index is 516. The van der Waals surface area contributed by atoms with Crippen LogP contribution in [-0.4, -0.2) is 9.97 Å². The number of halogens is 3. The summed E-state index contributed by atoms with van der Waals surface area (Å²) in [4.78, 5) is 7.59. The molecule has 0 fully saturated rings. The first-order valence-electron chi connectivity index (χ1n) is 4.69.